The molecule has 0 bridgehead atoms. The van der Waals surface area contributed by atoms with Crippen molar-refractivity contribution in [2.24, 2.45) is 0 Å². The predicted octanol–water partition coefficient (Wildman–Crippen LogP) is 3.89. The molecule has 1 fully saturated rings. The Hall–Kier alpha value is 0.140. The Balaban J connectivity index is 1.92. The van der Waals surface area contributed by atoms with Gasteiger partial charge < -0.3 is 0 Å². The van der Waals surface area contributed by atoms with Gasteiger partial charge in [-0.1, -0.05) is 22.4 Å². The van der Waals surface area contributed by atoms with E-state index in [0.717, 1.165) is 17.9 Å². The second-order valence-electron chi connectivity index (χ2n) is 4.23. The second-order valence-corrected chi connectivity index (χ2v) is 5.80. The fourth-order valence-electron chi connectivity index (χ4n) is 2.34. The van der Waals surface area contributed by atoms with E-state index in [1.54, 1.807) is 11.3 Å². The van der Waals surface area contributed by atoms with Gasteiger partial charge in [-0.3, -0.25) is 4.90 Å². The molecule has 1 atom stereocenters. The Morgan fingerprint density at radius 1 is 1.47 bits per heavy atom. The molecule has 0 aliphatic carbocycles. The van der Waals surface area contributed by atoms with Crippen molar-refractivity contribution in [2.45, 2.75) is 38.3 Å². The number of nitrogens with zero attached hydrogens (tertiary/aromatic N) is 1. The van der Waals surface area contributed by atoms with Gasteiger partial charge in [-0.15, -0.1) is 0 Å². The summed E-state index contributed by atoms with van der Waals surface area (Å²) in [5.74, 6) is 0. The van der Waals surface area contributed by atoms with Crippen LogP contribution in [-0.4, -0.2) is 22.8 Å². The first kappa shape index (κ1) is 11.6. The van der Waals surface area contributed by atoms with Gasteiger partial charge in [-0.05, 0) is 48.2 Å². The average molecular weight is 288 g/mol. The first-order valence-corrected chi connectivity index (χ1v) is 7.77. The minimum absolute atomic E-state index is 0.804. The van der Waals surface area contributed by atoms with Crippen LogP contribution in [0.15, 0.2) is 16.8 Å². The fraction of sp³-hybridized carbons (Fsp3) is 0.667. The highest BCUT2D eigenvalue weighted by Gasteiger charge is 2.21. The summed E-state index contributed by atoms with van der Waals surface area (Å²) in [6, 6.07) is 3.06. The van der Waals surface area contributed by atoms with E-state index in [1.807, 2.05) is 0 Å². The van der Waals surface area contributed by atoms with Crippen LogP contribution in [0.5, 0.6) is 0 Å². The second kappa shape index (κ2) is 6.02. The lowest BCUT2D eigenvalue weighted by Crippen LogP contribution is -2.39. The molecule has 1 aliphatic heterocycles. The van der Waals surface area contributed by atoms with Crippen LogP contribution in [0.1, 0.15) is 31.2 Å². The maximum Gasteiger partial charge on any atom is 0.0244 e. The highest BCUT2D eigenvalue weighted by molar-refractivity contribution is 9.09. The largest absolute Gasteiger partial charge is 0.296 e. The molecule has 0 radical (unpaired) electrons. The number of alkyl halides is 1. The van der Waals surface area contributed by atoms with Crippen molar-refractivity contribution in [3.63, 3.8) is 0 Å². The van der Waals surface area contributed by atoms with E-state index in [9.17, 15) is 0 Å². The average Bonchev–Trinajstić information content (AvgIpc) is 2.74. The smallest absolute Gasteiger partial charge is 0.0244 e. The maximum absolute atomic E-state index is 3.57. The molecule has 3 heteroatoms. The van der Waals surface area contributed by atoms with Gasteiger partial charge in [0.1, 0.15) is 0 Å². The Bertz CT molecular complexity index is 271. The Kier molecular flexibility index (Phi) is 4.66. The summed E-state index contributed by atoms with van der Waals surface area (Å²) in [6.07, 6.45) is 5.47. The van der Waals surface area contributed by atoms with Crippen LogP contribution >= 0.6 is 27.3 Å². The van der Waals surface area contributed by atoms with Crippen molar-refractivity contribution in [1.29, 1.82) is 0 Å². The molecule has 0 spiro atoms. The van der Waals surface area contributed by atoms with Crippen molar-refractivity contribution >= 4 is 27.3 Å². The molecule has 1 unspecified atom stereocenters. The minimum Gasteiger partial charge on any atom is -0.296 e. The number of hydrogen-bond donors (Lipinski definition) is 0. The fourth-order valence-corrected chi connectivity index (χ4v) is 3.53. The molecule has 1 aliphatic rings. The number of piperidine rings is 1. The van der Waals surface area contributed by atoms with Crippen LogP contribution < -0.4 is 0 Å². The van der Waals surface area contributed by atoms with Crippen LogP contribution in [0.4, 0.5) is 0 Å². The summed E-state index contributed by atoms with van der Waals surface area (Å²) in [5, 5.41) is 5.59. The van der Waals surface area contributed by atoms with Crippen LogP contribution in [0.2, 0.25) is 0 Å². The van der Waals surface area contributed by atoms with E-state index < -0.39 is 0 Å². The Morgan fingerprint density at radius 2 is 2.40 bits per heavy atom. The standard InChI is InChI=1S/C12H18BrNS/c13-6-4-12-3-1-2-7-14(12)9-11-5-8-15-10-11/h5,8,10,12H,1-4,6-7,9H2. The number of likely N-dealkylation sites (tertiary alicyclic amines) is 1. The van der Waals surface area contributed by atoms with Crippen LogP contribution in [0, 0.1) is 0 Å². The first-order valence-electron chi connectivity index (χ1n) is 5.71. The molecule has 0 saturated carbocycles. The molecule has 1 nitrogen and oxygen atoms in total. The first-order chi connectivity index (χ1) is 7.40. The van der Waals surface area contributed by atoms with Crippen molar-refractivity contribution in [3.05, 3.63) is 22.4 Å². The van der Waals surface area contributed by atoms with Crippen LogP contribution in [0.3, 0.4) is 0 Å². The van der Waals surface area contributed by atoms with Gasteiger partial charge in [0, 0.05) is 17.9 Å². The van der Waals surface area contributed by atoms with E-state index in [-0.39, 0.29) is 0 Å². The molecule has 2 rings (SSSR count). The van der Waals surface area contributed by atoms with Crippen molar-refractivity contribution in [3.8, 4) is 0 Å². The van der Waals surface area contributed by atoms with Gasteiger partial charge in [0.25, 0.3) is 0 Å². The number of halogens is 1. The normalized spacial score (nSPS) is 23.1. The molecule has 1 aromatic heterocycles. The van der Waals surface area contributed by atoms with Gasteiger partial charge in [0.2, 0.25) is 0 Å². The Morgan fingerprint density at radius 3 is 3.13 bits per heavy atom. The molecule has 0 N–H and O–H groups in total. The number of thiophene rings is 1. The van der Waals surface area contributed by atoms with Crippen molar-refractivity contribution in [2.75, 3.05) is 11.9 Å². The zero-order chi connectivity index (χ0) is 10.5. The van der Waals surface area contributed by atoms with E-state index in [4.69, 9.17) is 0 Å². The molecule has 1 aromatic rings. The third-order valence-electron chi connectivity index (χ3n) is 3.16. The summed E-state index contributed by atoms with van der Waals surface area (Å²) >= 11 is 5.37. The van der Waals surface area contributed by atoms with E-state index in [2.05, 4.69) is 37.7 Å². The Labute approximate surface area is 105 Å². The van der Waals surface area contributed by atoms with Crippen LogP contribution in [0.25, 0.3) is 0 Å². The van der Waals surface area contributed by atoms with E-state index >= 15 is 0 Å². The van der Waals surface area contributed by atoms with Gasteiger partial charge in [-0.2, -0.15) is 11.3 Å². The topological polar surface area (TPSA) is 3.24 Å². The van der Waals surface area contributed by atoms with Gasteiger partial charge in [-0.25, -0.2) is 0 Å². The molecule has 0 aromatic carbocycles. The van der Waals surface area contributed by atoms with Crippen molar-refractivity contribution < 1.29 is 0 Å². The number of hydrogen-bond acceptors (Lipinski definition) is 2. The van der Waals surface area contributed by atoms with Crippen molar-refractivity contribution in [1.82, 2.24) is 4.90 Å². The summed E-state index contributed by atoms with van der Waals surface area (Å²) in [4.78, 5) is 2.66. The van der Waals surface area contributed by atoms with Gasteiger partial charge >= 0.3 is 0 Å². The van der Waals surface area contributed by atoms with E-state index in [0.29, 0.717) is 0 Å². The molecular formula is C12H18BrNS. The summed E-state index contributed by atoms with van der Waals surface area (Å²) in [6.45, 7) is 2.44. The maximum atomic E-state index is 3.57. The molecular weight excluding hydrogens is 270 g/mol. The molecule has 15 heavy (non-hydrogen) atoms. The lowest BCUT2D eigenvalue weighted by atomic mass is 9.99. The third kappa shape index (κ3) is 3.30. The van der Waals surface area contributed by atoms with E-state index in [1.165, 1.54) is 37.8 Å². The number of rotatable bonds is 4. The minimum atomic E-state index is 0.804. The summed E-state index contributed by atoms with van der Waals surface area (Å²) < 4.78 is 0. The lowest BCUT2D eigenvalue weighted by Gasteiger charge is -2.35. The monoisotopic (exact) mass is 287 g/mol. The SMILES string of the molecule is BrCCC1CCCCN1Cc1ccsc1. The summed E-state index contributed by atoms with van der Waals surface area (Å²) in [5.41, 5.74) is 1.49. The zero-order valence-electron chi connectivity index (χ0n) is 8.99. The third-order valence-corrected chi connectivity index (χ3v) is 4.35. The molecule has 1 saturated heterocycles. The van der Waals surface area contributed by atoms with Gasteiger partial charge in [0.15, 0.2) is 0 Å². The zero-order valence-corrected chi connectivity index (χ0v) is 11.4. The predicted molar refractivity (Wildman–Crippen MR) is 70.8 cm³/mol. The summed E-state index contributed by atoms with van der Waals surface area (Å²) in [7, 11) is 0. The highest BCUT2D eigenvalue weighted by atomic mass is 79.9. The highest BCUT2D eigenvalue weighted by Crippen LogP contribution is 2.23. The van der Waals surface area contributed by atoms with Crippen LogP contribution in [-0.2, 0) is 6.54 Å². The quantitative estimate of drug-likeness (QED) is 0.760. The molecule has 0 amide bonds. The molecule has 84 valence electrons. The van der Waals surface area contributed by atoms with Gasteiger partial charge in [0.05, 0.1) is 0 Å². The molecule has 2 heterocycles. The lowest BCUT2D eigenvalue weighted by molar-refractivity contribution is 0.137.